The van der Waals surface area contributed by atoms with Gasteiger partial charge in [-0.15, -0.1) is 0 Å². The van der Waals surface area contributed by atoms with Crippen LogP contribution in [0, 0.1) is 0 Å². The van der Waals surface area contributed by atoms with E-state index in [9.17, 15) is 4.79 Å². The van der Waals surface area contributed by atoms with Crippen LogP contribution >= 0.6 is 11.8 Å². The molecule has 9 heteroatoms. The van der Waals surface area contributed by atoms with Gasteiger partial charge in [-0.25, -0.2) is 9.97 Å². The highest BCUT2D eigenvalue weighted by Crippen LogP contribution is 2.30. The number of aromatic nitrogens is 4. The number of thioether (sulfide) groups is 1. The summed E-state index contributed by atoms with van der Waals surface area (Å²) < 4.78 is 5.79. The number of rotatable bonds is 5. The van der Waals surface area contributed by atoms with Crippen LogP contribution in [0.25, 0.3) is 22.3 Å². The second kappa shape index (κ2) is 11.5. The Kier molecular flexibility index (Phi) is 7.98. The van der Waals surface area contributed by atoms with Crippen molar-refractivity contribution in [2.75, 3.05) is 30.8 Å². The first kappa shape index (κ1) is 23.6. The number of likely N-dealkylation sites (tertiary alicyclic amines) is 1. The molecule has 1 aliphatic heterocycles. The number of H-pyrrole nitrogens is 1. The fourth-order valence-corrected chi connectivity index (χ4v) is 4.19. The zero-order valence-electron chi connectivity index (χ0n) is 19.1. The molecule has 0 bridgehead atoms. The van der Waals surface area contributed by atoms with Crippen molar-refractivity contribution in [3.8, 4) is 22.8 Å². The van der Waals surface area contributed by atoms with Crippen LogP contribution in [0.15, 0.2) is 60.9 Å². The molecule has 176 valence electrons. The number of anilines is 1. The lowest BCUT2D eigenvalue weighted by Crippen LogP contribution is -2.36. The van der Waals surface area contributed by atoms with Gasteiger partial charge in [-0.3, -0.25) is 9.89 Å². The molecule has 2 aromatic carbocycles. The summed E-state index contributed by atoms with van der Waals surface area (Å²) in [4.78, 5) is 21.4. The molecule has 0 aliphatic carbocycles. The van der Waals surface area contributed by atoms with E-state index in [1.165, 1.54) is 25.6 Å². The number of nitrogens with zero attached hydrogens (tertiary/aromatic N) is 4. The van der Waals surface area contributed by atoms with Gasteiger partial charge in [0, 0.05) is 18.7 Å². The first-order chi connectivity index (χ1) is 16.7. The van der Waals surface area contributed by atoms with Crippen LogP contribution in [-0.4, -0.2) is 56.1 Å². The molecule has 1 amide bonds. The predicted molar refractivity (Wildman–Crippen MR) is 137 cm³/mol. The minimum absolute atomic E-state index is 0.317. The summed E-state index contributed by atoms with van der Waals surface area (Å²) in [6, 6.07) is 17.3. The molecule has 1 fully saturated rings. The molecule has 1 saturated heterocycles. The number of nitrogen functional groups attached to an aromatic ring is 1. The number of nitrogens with one attached hydrogen (secondary N) is 1. The average Bonchev–Trinajstić information content (AvgIpc) is 3.32. The highest BCUT2D eigenvalue weighted by atomic mass is 32.2. The number of aromatic amines is 1. The Morgan fingerprint density at radius 2 is 1.74 bits per heavy atom. The van der Waals surface area contributed by atoms with Gasteiger partial charge in [0.2, 0.25) is 5.91 Å². The molecule has 0 unspecified atom stereocenters. The molecular formula is C25H28N6O2S. The Labute approximate surface area is 202 Å². The van der Waals surface area contributed by atoms with E-state index in [1.54, 1.807) is 11.8 Å². The van der Waals surface area contributed by atoms with E-state index in [-0.39, 0.29) is 0 Å². The first-order valence-electron chi connectivity index (χ1n) is 11.2. The Morgan fingerprint density at radius 1 is 1.03 bits per heavy atom. The van der Waals surface area contributed by atoms with Crippen molar-refractivity contribution < 1.29 is 9.53 Å². The molecule has 2 aromatic heterocycles. The molecule has 1 aliphatic rings. The highest BCUT2D eigenvalue weighted by molar-refractivity contribution is 7.99. The molecule has 0 radical (unpaired) electrons. The van der Waals surface area contributed by atoms with Crippen LogP contribution in [0.5, 0.6) is 11.5 Å². The number of fused-ring (bicyclic) bond motifs is 1. The van der Waals surface area contributed by atoms with E-state index in [0.717, 1.165) is 41.2 Å². The minimum atomic E-state index is 0.317. The SMILES string of the molecule is CSCC(=O)N1CCCCC1.Nc1ncnc2n[nH]c(-c3ccc(Oc4ccccc4)cc3)c12. The summed E-state index contributed by atoms with van der Waals surface area (Å²) in [5.41, 5.74) is 8.22. The molecule has 3 N–H and O–H groups in total. The molecular weight excluding hydrogens is 448 g/mol. The number of hydrogen-bond donors (Lipinski definition) is 2. The molecule has 0 atom stereocenters. The van der Waals surface area contributed by atoms with Crippen LogP contribution in [-0.2, 0) is 4.79 Å². The number of para-hydroxylation sites is 1. The molecule has 0 saturated carbocycles. The van der Waals surface area contributed by atoms with Crippen molar-refractivity contribution in [3.05, 3.63) is 60.9 Å². The Bertz CT molecular complexity index is 1210. The fourth-order valence-electron chi connectivity index (χ4n) is 3.76. The van der Waals surface area contributed by atoms with E-state index >= 15 is 0 Å². The van der Waals surface area contributed by atoms with Crippen LogP contribution in [0.4, 0.5) is 5.82 Å². The number of ether oxygens (including phenoxy) is 1. The number of carbonyl (C=O) groups excluding carboxylic acids is 1. The van der Waals surface area contributed by atoms with Gasteiger partial charge in [0.25, 0.3) is 0 Å². The molecule has 4 aromatic rings. The van der Waals surface area contributed by atoms with Gasteiger partial charge in [0.15, 0.2) is 5.65 Å². The largest absolute Gasteiger partial charge is 0.457 e. The third kappa shape index (κ3) is 5.85. The van der Waals surface area contributed by atoms with Gasteiger partial charge in [-0.1, -0.05) is 18.2 Å². The van der Waals surface area contributed by atoms with Crippen LogP contribution < -0.4 is 10.5 Å². The van der Waals surface area contributed by atoms with E-state index in [4.69, 9.17) is 10.5 Å². The van der Waals surface area contributed by atoms with Gasteiger partial charge < -0.3 is 15.4 Å². The van der Waals surface area contributed by atoms with Crippen molar-refractivity contribution in [2.24, 2.45) is 0 Å². The van der Waals surface area contributed by atoms with Crippen molar-refractivity contribution in [1.29, 1.82) is 0 Å². The summed E-state index contributed by atoms with van der Waals surface area (Å²) in [6.45, 7) is 1.97. The van der Waals surface area contributed by atoms with E-state index in [1.807, 2.05) is 65.8 Å². The monoisotopic (exact) mass is 476 g/mol. The summed E-state index contributed by atoms with van der Waals surface area (Å²) >= 11 is 1.61. The lowest BCUT2D eigenvalue weighted by molar-refractivity contribution is -0.129. The summed E-state index contributed by atoms with van der Waals surface area (Å²) in [5, 5.41) is 7.85. The van der Waals surface area contributed by atoms with Gasteiger partial charge in [0.05, 0.1) is 16.8 Å². The van der Waals surface area contributed by atoms with E-state index in [2.05, 4.69) is 20.2 Å². The Hall–Kier alpha value is -3.59. The maximum absolute atomic E-state index is 11.3. The van der Waals surface area contributed by atoms with Crippen molar-refractivity contribution in [1.82, 2.24) is 25.1 Å². The van der Waals surface area contributed by atoms with Gasteiger partial charge in [-0.05, 0) is 61.9 Å². The highest BCUT2D eigenvalue weighted by Gasteiger charge is 2.15. The smallest absolute Gasteiger partial charge is 0.232 e. The molecule has 5 rings (SSSR count). The fraction of sp³-hybridized carbons (Fsp3) is 0.280. The number of nitrogens with two attached hydrogens (primary N) is 1. The molecule has 34 heavy (non-hydrogen) atoms. The van der Waals surface area contributed by atoms with Crippen LogP contribution in [0.1, 0.15) is 19.3 Å². The lowest BCUT2D eigenvalue weighted by atomic mass is 10.1. The Morgan fingerprint density at radius 3 is 2.44 bits per heavy atom. The van der Waals surface area contributed by atoms with Gasteiger partial charge in [0.1, 0.15) is 23.6 Å². The third-order valence-corrected chi connectivity index (χ3v) is 6.01. The second-order valence-electron chi connectivity index (χ2n) is 7.87. The number of amides is 1. The quantitative estimate of drug-likeness (QED) is 0.427. The topological polar surface area (TPSA) is 110 Å². The van der Waals surface area contributed by atoms with E-state index < -0.39 is 0 Å². The van der Waals surface area contributed by atoms with Crippen molar-refractivity contribution in [3.63, 3.8) is 0 Å². The standard InChI is InChI=1S/C17H13N5O.C8H15NOS/c18-16-14-15(21-22-17(14)20-10-19-16)11-6-8-13(9-7-11)23-12-4-2-1-3-5-12;1-11-7-8(10)9-5-3-2-4-6-9/h1-10H,(H3,18,19,20,21,22);2-7H2,1H3. The van der Waals surface area contributed by atoms with Gasteiger partial charge in [-0.2, -0.15) is 16.9 Å². The predicted octanol–water partition coefficient (Wildman–Crippen LogP) is 4.76. The lowest BCUT2D eigenvalue weighted by Gasteiger charge is -2.26. The number of benzene rings is 2. The second-order valence-corrected chi connectivity index (χ2v) is 8.74. The maximum Gasteiger partial charge on any atom is 0.232 e. The average molecular weight is 477 g/mol. The maximum atomic E-state index is 11.3. The first-order valence-corrected chi connectivity index (χ1v) is 12.6. The zero-order chi connectivity index (χ0) is 23.8. The Balaban J connectivity index is 0.000000210. The number of hydrogen-bond acceptors (Lipinski definition) is 7. The van der Waals surface area contributed by atoms with E-state index in [0.29, 0.717) is 23.1 Å². The van der Waals surface area contributed by atoms with Crippen molar-refractivity contribution in [2.45, 2.75) is 19.3 Å². The summed E-state index contributed by atoms with van der Waals surface area (Å²) in [6.07, 6.45) is 7.06. The number of carbonyl (C=O) groups is 1. The third-order valence-electron chi connectivity index (χ3n) is 5.48. The molecule has 0 spiro atoms. The normalized spacial score (nSPS) is 13.3. The van der Waals surface area contributed by atoms with Gasteiger partial charge >= 0.3 is 0 Å². The summed E-state index contributed by atoms with van der Waals surface area (Å²) in [5.74, 6) is 2.93. The van der Waals surface area contributed by atoms with Crippen molar-refractivity contribution >= 4 is 34.5 Å². The summed E-state index contributed by atoms with van der Waals surface area (Å²) in [7, 11) is 0. The van der Waals surface area contributed by atoms with Crippen LogP contribution in [0.3, 0.4) is 0 Å². The molecule has 8 nitrogen and oxygen atoms in total. The number of piperidine rings is 1. The minimum Gasteiger partial charge on any atom is -0.457 e. The molecule has 3 heterocycles. The zero-order valence-corrected chi connectivity index (χ0v) is 19.9. The van der Waals surface area contributed by atoms with Crippen LogP contribution in [0.2, 0.25) is 0 Å².